The fourth-order valence-electron chi connectivity index (χ4n) is 3.81. The zero-order valence-electron chi connectivity index (χ0n) is 20.3. The van der Waals surface area contributed by atoms with Gasteiger partial charge in [0, 0.05) is 16.8 Å². The van der Waals surface area contributed by atoms with E-state index >= 15 is 4.39 Å². The van der Waals surface area contributed by atoms with E-state index in [2.05, 4.69) is 10.6 Å². The average Bonchev–Trinajstić information content (AvgIpc) is 3.64. The number of hydrogen-bond donors (Lipinski definition) is 2. The first-order valence-corrected chi connectivity index (χ1v) is 12.5. The summed E-state index contributed by atoms with van der Waals surface area (Å²) in [5, 5.41) is 7.00. The van der Waals surface area contributed by atoms with Gasteiger partial charge in [-0.05, 0) is 60.8 Å². The summed E-state index contributed by atoms with van der Waals surface area (Å²) in [6.07, 6.45) is 1.46. The number of thiophene rings is 1. The van der Waals surface area contributed by atoms with Crippen molar-refractivity contribution in [1.82, 2.24) is 10.6 Å². The van der Waals surface area contributed by atoms with E-state index in [9.17, 15) is 19.2 Å². The van der Waals surface area contributed by atoms with Crippen LogP contribution in [-0.4, -0.2) is 30.0 Å². The van der Waals surface area contributed by atoms with E-state index < -0.39 is 36.1 Å². The third-order valence-corrected chi connectivity index (χ3v) is 6.56. The molecular weight excluding hydrogens is 509 g/mol. The summed E-state index contributed by atoms with van der Waals surface area (Å²) in [7, 11) is 0. The second kappa shape index (κ2) is 12.1. The molecule has 0 aliphatic carbocycles. The molecule has 2 N–H and O–H groups in total. The van der Waals surface area contributed by atoms with E-state index in [4.69, 9.17) is 4.42 Å². The predicted octanol–water partition coefficient (Wildman–Crippen LogP) is 4.50. The van der Waals surface area contributed by atoms with Gasteiger partial charge in [0.2, 0.25) is 11.8 Å². The van der Waals surface area contributed by atoms with Crippen LogP contribution in [0.2, 0.25) is 0 Å². The van der Waals surface area contributed by atoms with Gasteiger partial charge in [0.15, 0.2) is 5.78 Å². The molecule has 1 unspecified atom stereocenters. The van der Waals surface area contributed by atoms with Crippen LogP contribution in [0.4, 0.5) is 10.1 Å². The van der Waals surface area contributed by atoms with Crippen LogP contribution >= 0.6 is 11.3 Å². The number of carbonyl (C=O) groups is 4. The van der Waals surface area contributed by atoms with Gasteiger partial charge in [0.25, 0.3) is 5.91 Å². The van der Waals surface area contributed by atoms with Gasteiger partial charge in [-0.25, -0.2) is 4.39 Å². The summed E-state index contributed by atoms with van der Waals surface area (Å²) in [5.41, 5.74) is 0.599. The van der Waals surface area contributed by atoms with Crippen molar-refractivity contribution in [2.45, 2.75) is 19.5 Å². The fraction of sp³-hybridized carbons (Fsp3) is 0.143. The molecule has 0 aliphatic heterocycles. The lowest BCUT2D eigenvalue weighted by Gasteiger charge is -2.32. The molecule has 1 atom stereocenters. The summed E-state index contributed by atoms with van der Waals surface area (Å²) in [4.78, 5) is 53.0. The van der Waals surface area contributed by atoms with Crippen molar-refractivity contribution >= 4 is 40.5 Å². The van der Waals surface area contributed by atoms with Crippen LogP contribution in [0.3, 0.4) is 0 Å². The zero-order chi connectivity index (χ0) is 27.1. The lowest BCUT2D eigenvalue weighted by molar-refractivity contribution is -0.126. The van der Waals surface area contributed by atoms with Crippen molar-refractivity contribution < 1.29 is 28.0 Å². The number of ketones is 1. The van der Waals surface area contributed by atoms with E-state index in [1.165, 1.54) is 67.0 Å². The minimum atomic E-state index is -1.43. The zero-order valence-corrected chi connectivity index (χ0v) is 21.2. The highest BCUT2D eigenvalue weighted by molar-refractivity contribution is 7.12. The second-order valence-electron chi connectivity index (χ2n) is 8.25. The van der Waals surface area contributed by atoms with Gasteiger partial charge >= 0.3 is 0 Å². The molecule has 0 saturated heterocycles. The Morgan fingerprint density at radius 2 is 1.71 bits per heavy atom. The van der Waals surface area contributed by atoms with Gasteiger partial charge in [0.1, 0.15) is 17.6 Å². The molecule has 0 bridgehead atoms. The molecule has 3 amide bonds. The lowest BCUT2D eigenvalue weighted by atomic mass is 10.0. The number of rotatable bonds is 10. The Bertz CT molecular complexity index is 1420. The van der Waals surface area contributed by atoms with Crippen molar-refractivity contribution in [3.8, 4) is 0 Å². The third kappa shape index (κ3) is 6.22. The van der Waals surface area contributed by atoms with Gasteiger partial charge in [-0.3, -0.25) is 24.1 Å². The highest BCUT2D eigenvalue weighted by Crippen LogP contribution is 2.30. The van der Waals surface area contributed by atoms with Crippen molar-refractivity contribution in [2.24, 2.45) is 0 Å². The maximum Gasteiger partial charge on any atom is 0.261 e. The van der Waals surface area contributed by atoms with Crippen LogP contribution in [0.1, 0.15) is 44.3 Å². The smallest absolute Gasteiger partial charge is 0.261 e. The molecule has 2 heterocycles. The molecule has 4 aromatic rings. The Morgan fingerprint density at radius 3 is 2.34 bits per heavy atom. The Hall–Kier alpha value is -4.57. The number of Topliss-reactive ketones (excluding diaryl/α,β-unsaturated/α-hetero) is 1. The van der Waals surface area contributed by atoms with Crippen LogP contribution in [0.15, 0.2) is 88.9 Å². The number of halogens is 1. The van der Waals surface area contributed by atoms with Crippen molar-refractivity contribution in [3.63, 3.8) is 0 Å². The molecule has 194 valence electrons. The second-order valence-corrected chi connectivity index (χ2v) is 9.20. The van der Waals surface area contributed by atoms with E-state index in [-0.39, 0.29) is 23.6 Å². The number of amides is 3. The maximum absolute atomic E-state index is 15.1. The summed E-state index contributed by atoms with van der Waals surface area (Å²) in [6.45, 7) is 0.959. The number of furan rings is 1. The first-order chi connectivity index (χ1) is 18.3. The highest BCUT2D eigenvalue weighted by Gasteiger charge is 2.34. The summed E-state index contributed by atoms with van der Waals surface area (Å²) >= 11 is 1.22. The molecule has 0 fully saturated rings. The first-order valence-electron chi connectivity index (χ1n) is 11.6. The van der Waals surface area contributed by atoms with Crippen LogP contribution in [-0.2, 0) is 16.1 Å². The molecule has 38 heavy (non-hydrogen) atoms. The molecule has 2 aromatic heterocycles. The third-order valence-electron chi connectivity index (χ3n) is 5.69. The number of nitrogens with one attached hydrogen (secondary N) is 2. The quantitative estimate of drug-likeness (QED) is 0.292. The predicted molar refractivity (Wildman–Crippen MR) is 140 cm³/mol. The largest absolute Gasteiger partial charge is 0.467 e. The van der Waals surface area contributed by atoms with Crippen molar-refractivity contribution in [2.75, 3.05) is 11.4 Å². The summed E-state index contributed by atoms with van der Waals surface area (Å²) in [6, 6.07) is 16.9. The fourth-order valence-corrected chi connectivity index (χ4v) is 4.45. The Morgan fingerprint density at radius 1 is 0.947 bits per heavy atom. The van der Waals surface area contributed by atoms with Crippen LogP contribution < -0.4 is 15.5 Å². The summed E-state index contributed by atoms with van der Waals surface area (Å²) in [5.74, 6) is -2.18. The molecule has 0 spiro atoms. The molecule has 0 radical (unpaired) electrons. The number of anilines is 1. The topological polar surface area (TPSA) is 109 Å². The maximum atomic E-state index is 15.1. The highest BCUT2D eigenvalue weighted by atomic mass is 32.1. The molecular formula is C28H24FN3O5S. The Balaban J connectivity index is 1.71. The number of benzene rings is 2. The van der Waals surface area contributed by atoms with Crippen molar-refractivity contribution in [1.29, 1.82) is 0 Å². The number of carbonyl (C=O) groups excluding carboxylic acids is 4. The molecule has 4 rings (SSSR count). The van der Waals surface area contributed by atoms with Crippen LogP contribution in [0.25, 0.3) is 0 Å². The van der Waals surface area contributed by atoms with Gasteiger partial charge in [-0.2, -0.15) is 0 Å². The van der Waals surface area contributed by atoms with E-state index in [1.807, 2.05) is 0 Å². The average molecular weight is 534 g/mol. The summed E-state index contributed by atoms with van der Waals surface area (Å²) < 4.78 is 20.3. The normalized spacial score (nSPS) is 11.4. The van der Waals surface area contributed by atoms with Crippen LogP contribution in [0, 0.1) is 5.82 Å². The monoisotopic (exact) mass is 533 g/mol. The molecule has 0 saturated carbocycles. The van der Waals surface area contributed by atoms with Crippen molar-refractivity contribution in [3.05, 3.63) is 112 Å². The minimum absolute atomic E-state index is 0.0111. The SMILES string of the molecule is CC(=O)c1ccc(N(C(=O)CNC(=O)c2cccs2)C(C(=O)NCc2ccco2)c2ccccc2F)cc1. The van der Waals surface area contributed by atoms with E-state index in [1.54, 1.807) is 35.7 Å². The Labute approximate surface area is 222 Å². The first kappa shape index (κ1) is 26.5. The number of nitrogens with zero attached hydrogens (tertiary/aromatic N) is 1. The van der Waals surface area contributed by atoms with Crippen LogP contribution in [0.5, 0.6) is 0 Å². The standard InChI is InChI=1S/C28H24FN3O5S/c1-18(33)19-10-12-20(13-11-19)32(25(34)17-31-27(35)24-9-5-15-38-24)26(22-7-2-3-8-23(22)29)28(36)30-16-21-6-4-14-37-21/h2-15,26H,16-17H2,1H3,(H,30,36)(H,31,35). The van der Waals surface area contributed by atoms with E-state index in [0.717, 1.165) is 4.90 Å². The van der Waals surface area contributed by atoms with Gasteiger partial charge in [-0.1, -0.05) is 24.3 Å². The van der Waals surface area contributed by atoms with Gasteiger partial charge in [0.05, 0.1) is 24.2 Å². The Kier molecular flexibility index (Phi) is 8.44. The van der Waals surface area contributed by atoms with Gasteiger partial charge in [-0.15, -0.1) is 11.3 Å². The number of hydrogen-bond acceptors (Lipinski definition) is 6. The van der Waals surface area contributed by atoms with Gasteiger partial charge < -0.3 is 15.1 Å². The minimum Gasteiger partial charge on any atom is -0.467 e. The molecule has 2 aromatic carbocycles. The molecule has 0 aliphatic rings. The molecule has 10 heteroatoms. The molecule has 8 nitrogen and oxygen atoms in total. The lowest BCUT2D eigenvalue weighted by Crippen LogP contribution is -2.47. The van der Waals surface area contributed by atoms with E-state index in [0.29, 0.717) is 16.2 Å².